The first-order valence-corrected chi connectivity index (χ1v) is 4.73. The monoisotopic (exact) mass is 193 g/mol. The molecule has 1 atom stereocenters. The van der Waals surface area contributed by atoms with Crippen LogP contribution >= 0.6 is 0 Å². The molecule has 3 heteroatoms. The molecular formula is C11H12FNO. The van der Waals surface area contributed by atoms with E-state index in [0.29, 0.717) is 5.71 Å². The van der Waals surface area contributed by atoms with E-state index in [1.807, 2.05) is 6.92 Å². The van der Waals surface area contributed by atoms with Gasteiger partial charge in [0.15, 0.2) is 0 Å². The Morgan fingerprint density at radius 3 is 3.00 bits per heavy atom. The van der Waals surface area contributed by atoms with Gasteiger partial charge < -0.3 is 5.21 Å². The summed E-state index contributed by atoms with van der Waals surface area (Å²) in [7, 11) is 0. The van der Waals surface area contributed by atoms with Gasteiger partial charge >= 0.3 is 0 Å². The van der Waals surface area contributed by atoms with Gasteiger partial charge in [0.1, 0.15) is 5.82 Å². The molecule has 14 heavy (non-hydrogen) atoms. The Balaban J connectivity index is 2.55. The minimum atomic E-state index is -0.279. The number of hydrogen-bond acceptors (Lipinski definition) is 2. The van der Waals surface area contributed by atoms with Crippen molar-refractivity contribution >= 4 is 5.71 Å². The number of benzene rings is 1. The third-order valence-corrected chi connectivity index (χ3v) is 2.77. The molecule has 1 aromatic rings. The van der Waals surface area contributed by atoms with Crippen LogP contribution in [-0.2, 0) is 6.42 Å². The van der Waals surface area contributed by atoms with Crippen molar-refractivity contribution in [2.75, 3.05) is 0 Å². The average molecular weight is 193 g/mol. The third-order valence-electron chi connectivity index (χ3n) is 2.77. The van der Waals surface area contributed by atoms with Crippen molar-refractivity contribution < 1.29 is 9.60 Å². The fourth-order valence-electron chi connectivity index (χ4n) is 1.93. The first kappa shape index (κ1) is 9.19. The van der Waals surface area contributed by atoms with Crippen LogP contribution in [0.4, 0.5) is 4.39 Å². The van der Waals surface area contributed by atoms with E-state index in [1.165, 1.54) is 12.1 Å². The summed E-state index contributed by atoms with van der Waals surface area (Å²) in [6.45, 7) is 1.99. The lowest BCUT2D eigenvalue weighted by Crippen LogP contribution is -2.21. The number of rotatable bonds is 0. The Morgan fingerprint density at radius 2 is 2.29 bits per heavy atom. The van der Waals surface area contributed by atoms with Gasteiger partial charge in [0.25, 0.3) is 0 Å². The van der Waals surface area contributed by atoms with E-state index >= 15 is 0 Å². The first-order chi connectivity index (χ1) is 6.72. The van der Waals surface area contributed by atoms with Crippen molar-refractivity contribution in [3.05, 3.63) is 35.1 Å². The number of aryl methyl sites for hydroxylation is 1. The quantitative estimate of drug-likeness (QED) is 0.498. The molecule has 0 heterocycles. The van der Waals surface area contributed by atoms with Crippen molar-refractivity contribution in [2.45, 2.75) is 19.8 Å². The second-order valence-electron chi connectivity index (χ2n) is 3.73. The molecule has 0 bridgehead atoms. The van der Waals surface area contributed by atoms with E-state index in [-0.39, 0.29) is 11.7 Å². The molecule has 1 N–H and O–H groups in total. The molecule has 0 saturated heterocycles. The van der Waals surface area contributed by atoms with Crippen LogP contribution in [0.25, 0.3) is 0 Å². The number of halogens is 1. The lowest BCUT2D eigenvalue weighted by atomic mass is 9.83. The second kappa shape index (κ2) is 3.40. The molecule has 1 unspecified atom stereocenters. The zero-order valence-electron chi connectivity index (χ0n) is 8.00. The van der Waals surface area contributed by atoms with Gasteiger partial charge in [-0.2, -0.15) is 0 Å². The summed E-state index contributed by atoms with van der Waals surface area (Å²) in [5.41, 5.74) is 2.43. The van der Waals surface area contributed by atoms with Gasteiger partial charge in [-0.3, -0.25) is 0 Å². The first-order valence-electron chi connectivity index (χ1n) is 4.73. The molecule has 0 saturated carbocycles. The van der Waals surface area contributed by atoms with E-state index in [1.54, 1.807) is 6.07 Å². The van der Waals surface area contributed by atoms with Gasteiger partial charge in [0, 0.05) is 11.5 Å². The molecule has 0 radical (unpaired) electrons. The molecule has 2 rings (SSSR count). The highest BCUT2D eigenvalue weighted by Gasteiger charge is 2.22. The number of fused-ring (bicyclic) bond motifs is 1. The zero-order valence-corrected chi connectivity index (χ0v) is 8.00. The smallest absolute Gasteiger partial charge is 0.123 e. The Kier molecular flexibility index (Phi) is 2.23. The summed E-state index contributed by atoms with van der Waals surface area (Å²) in [6.07, 6.45) is 1.88. The lowest BCUT2D eigenvalue weighted by Gasteiger charge is -2.22. The SMILES string of the molecule is CC1CCc2ccc(F)cc2C1=NO. The normalized spacial score (nSPS) is 23.6. The summed E-state index contributed by atoms with van der Waals surface area (Å²) in [6, 6.07) is 4.66. The van der Waals surface area contributed by atoms with Crippen molar-refractivity contribution in [1.29, 1.82) is 0 Å². The van der Waals surface area contributed by atoms with Gasteiger partial charge in [0.05, 0.1) is 5.71 Å². The topological polar surface area (TPSA) is 32.6 Å². The molecule has 0 amide bonds. The van der Waals surface area contributed by atoms with Crippen molar-refractivity contribution in [3.8, 4) is 0 Å². The summed E-state index contributed by atoms with van der Waals surface area (Å²) in [5, 5.41) is 12.1. The van der Waals surface area contributed by atoms with Crippen LogP contribution in [0.5, 0.6) is 0 Å². The van der Waals surface area contributed by atoms with Crippen LogP contribution < -0.4 is 0 Å². The number of oxime groups is 1. The Morgan fingerprint density at radius 1 is 1.50 bits per heavy atom. The molecular weight excluding hydrogens is 181 g/mol. The minimum Gasteiger partial charge on any atom is -0.411 e. The van der Waals surface area contributed by atoms with Gasteiger partial charge in [-0.25, -0.2) is 4.39 Å². The maximum Gasteiger partial charge on any atom is 0.123 e. The van der Waals surface area contributed by atoms with Gasteiger partial charge in [-0.1, -0.05) is 18.1 Å². The average Bonchev–Trinajstić information content (AvgIpc) is 2.17. The summed E-state index contributed by atoms with van der Waals surface area (Å²) >= 11 is 0. The standard InChI is InChI=1S/C11H12FNO/c1-7-2-3-8-4-5-9(12)6-10(8)11(7)13-14/h4-7,14H,2-3H2,1H3. The molecule has 2 nitrogen and oxygen atoms in total. The zero-order chi connectivity index (χ0) is 10.1. The van der Waals surface area contributed by atoms with E-state index in [0.717, 1.165) is 24.0 Å². The Bertz CT molecular complexity index is 387. The van der Waals surface area contributed by atoms with E-state index in [9.17, 15) is 4.39 Å². The maximum atomic E-state index is 13.0. The van der Waals surface area contributed by atoms with Crippen molar-refractivity contribution in [2.24, 2.45) is 11.1 Å². The highest BCUT2D eigenvalue weighted by Crippen LogP contribution is 2.26. The highest BCUT2D eigenvalue weighted by molar-refractivity contribution is 6.03. The van der Waals surface area contributed by atoms with Crippen LogP contribution in [0.15, 0.2) is 23.4 Å². The van der Waals surface area contributed by atoms with Crippen LogP contribution in [0.3, 0.4) is 0 Å². The summed E-state index contributed by atoms with van der Waals surface area (Å²) in [5.74, 6) is -0.0756. The Labute approximate surface area is 82.1 Å². The fourth-order valence-corrected chi connectivity index (χ4v) is 1.93. The van der Waals surface area contributed by atoms with Crippen LogP contribution in [0, 0.1) is 11.7 Å². The van der Waals surface area contributed by atoms with Crippen LogP contribution in [0.1, 0.15) is 24.5 Å². The van der Waals surface area contributed by atoms with E-state index in [2.05, 4.69) is 5.16 Å². The number of nitrogens with zero attached hydrogens (tertiary/aromatic N) is 1. The van der Waals surface area contributed by atoms with E-state index < -0.39 is 0 Å². The second-order valence-corrected chi connectivity index (χ2v) is 3.73. The van der Waals surface area contributed by atoms with Crippen LogP contribution in [0.2, 0.25) is 0 Å². The largest absolute Gasteiger partial charge is 0.411 e. The fraction of sp³-hybridized carbons (Fsp3) is 0.364. The van der Waals surface area contributed by atoms with Gasteiger partial charge in [0.2, 0.25) is 0 Å². The van der Waals surface area contributed by atoms with Crippen LogP contribution in [-0.4, -0.2) is 10.9 Å². The Hall–Kier alpha value is -1.38. The molecule has 74 valence electrons. The maximum absolute atomic E-state index is 13.0. The molecule has 0 aromatic heterocycles. The molecule has 1 aromatic carbocycles. The van der Waals surface area contributed by atoms with Gasteiger partial charge in [-0.15, -0.1) is 0 Å². The van der Waals surface area contributed by atoms with Crippen molar-refractivity contribution in [1.82, 2.24) is 0 Å². The molecule has 0 aliphatic heterocycles. The minimum absolute atomic E-state index is 0.203. The molecule has 0 spiro atoms. The van der Waals surface area contributed by atoms with Gasteiger partial charge in [-0.05, 0) is 30.5 Å². The highest BCUT2D eigenvalue weighted by atomic mass is 19.1. The summed E-state index contributed by atoms with van der Waals surface area (Å²) in [4.78, 5) is 0. The third kappa shape index (κ3) is 1.39. The predicted octanol–water partition coefficient (Wildman–Crippen LogP) is 2.59. The summed E-state index contributed by atoms with van der Waals surface area (Å²) < 4.78 is 13.0. The lowest BCUT2D eigenvalue weighted by molar-refractivity contribution is 0.314. The predicted molar refractivity (Wildman–Crippen MR) is 52.2 cm³/mol. The van der Waals surface area contributed by atoms with Crippen molar-refractivity contribution in [3.63, 3.8) is 0 Å². The number of hydrogen-bond donors (Lipinski definition) is 1. The van der Waals surface area contributed by atoms with E-state index in [4.69, 9.17) is 5.21 Å². The molecule has 0 fully saturated rings. The molecule has 1 aliphatic carbocycles. The molecule has 1 aliphatic rings.